The first-order chi connectivity index (χ1) is 13.3. The fourth-order valence-corrected chi connectivity index (χ4v) is 4.32. The Morgan fingerprint density at radius 1 is 1.21 bits per heavy atom. The molecule has 1 aliphatic heterocycles. The maximum Gasteiger partial charge on any atom is 0.238 e. The molecule has 3 rings (SSSR count). The number of nitrogens with one attached hydrogen (secondary N) is 1. The van der Waals surface area contributed by atoms with E-state index in [0.717, 1.165) is 22.7 Å². The van der Waals surface area contributed by atoms with Crippen molar-refractivity contribution >= 4 is 35.0 Å². The van der Waals surface area contributed by atoms with Gasteiger partial charge in [-0.05, 0) is 47.4 Å². The van der Waals surface area contributed by atoms with E-state index < -0.39 is 0 Å². The van der Waals surface area contributed by atoms with E-state index in [2.05, 4.69) is 5.32 Å². The molecule has 1 aliphatic rings. The average Bonchev–Trinajstić information content (AvgIpc) is 3.02. The van der Waals surface area contributed by atoms with Gasteiger partial charge in [0.05, 0.1) is 12.9 Å². The maximum absolute atomic E-state index is 12.5. The Kier molecular flexibility index (Phi) is 5.98. The van der Waals surface area contributed by atoms with Crippen LogP contribution in [0.15, 0.2) is 48.5 Å². The first-order valence-electron chi connectivity index (χ1n) is 9.24. The zero-order valence-corrected chi connectivity index (χ0v) is 17.5. The van der Waals surface area contributed by atoms with Crippen molar-refractivity contribution in [1.29, 1.82) is 0 Å². The van der Waals surface area contributed by atoms with Gasteiger partial charge in [-0.3, -0.25) is 14.5 Å². The lowest BCUT2D eigenvalue weighted by Crippen LogP contribution is -2.27. The number of nitrogens with zero attached hydrogens (tertiary/aromatic N) is 1. The fraction of sp³-hybridized carbons (Fsp3) is 0.364. The number of hydrogen-bond acceptors (Lipinski definition) is 4. The Morgan fingerprint density at radius 2 is 1.93 bits per heavy atom. The van der Waals surface area contributed by atoms with Gasteiger partial charge in [0.25, 0.3) is 0 Å². The minimum absolute atomic E-state index is 0.00758. The summed E-state index contributed by atoms with van der Waals surface area (Å²) in [6, 6.07) is 15.2. The van der Waals surface area contributed by atoms with Crippen molar-refractivity contribution in [3.8, 4) is 5.75 Å². The summed E-state index contributed by atoms with van der Waals surface area (Å²) in [5.74, 6) is 1.24. The zero-order valence-electron chi connectivity index (χ0n) is 16.7. The summed E-state index contributed by atoms with van der Waals surface area (Å²) in [6.45, 7) is 6.11. The number of thioether (sulfide) groups is 1. The number of carbonyl (C=O) groups is 2. The number of benzene rings is 2. The van der Waals surface area contributed by atoms with Crippen molar-refractivity contribution in [1.82, 2.24) is 0 Å². The third-order valence-corrected chi connectivity index (χ3v) is 5.58. The molecule has 28 heavy (non-hydrogen) atoms. The van der Waals surface area contributed by atoms with Gasteiger partial charge in [0.2, 0.25) is 11.8 Å². The minimum atomic E-state index is -0.125. The summed E-state index contributed by atoms with van der Waals surface area (Å²) >= 11 is 1.59. The maximum atomic E-state index is 12.5. The molecule has 6 heteroatoms. The highest BCUT2D eigenvalue weighted by Gasteiger charge is 2.34. The van der Waals surface area contributed by atoms with Crippen molar-refractivity contribution in [3.63, 3.8) is 0 Å². The van der Waals surface area contributed by atoms with E-state index in [9.17, 15) is 9.59 Å². The Bertz CT molecular complexity index is 859. The molecule has 148 valence electrons. The first kappa shape index (κ1) is 20.3. The molecule has 1 atom stereocenters. The van der Waals surface area contributed by atoms with E-state index in [1.165, 1.54) is 0 Å². The second-order valence-corrected chi connectivity index (χ2v) is 9.10. The van der Waals surface area contributed by atoms with Gasteiger partial charge in [-0.1, -0.05) is 32.9 Å². The van der Waals surface area contributed by atoms with Crippen LogP contribution in [0.5, 0.6) is 5.75 Å². The van der Waals surface area contributed by atoms with Crippen LogP contribution >= 0.6 is 11.8 Å². The Labute approximate surface area is 170 Å². The molecule has 2 aromatic carbocycles. The number of anilines is 2. The van der Waals surface area contributed by atoms with Gasteiger partial charge in [0.1, 0.15) is 11.1 Å². The van der Waals surface area contributed by atoms with Crippen molar-refractivity contribution in [2.45, 2.75) is 32.6 Å². The average molecular weight is 399 g/mol. The third-order valence-electron chi connectivity index (χ3n) is 4.36. The topological polar surface area (TPSA) is 58.6 Å². The fourth-order valence-electron chi connectivity index (χ4n) is 3.15. The molecule has 1 unspecified atom stereocenters. The lowest BCUT2D eigenvalue weighted by molar-refractivity contribution is -0.118. The van der Waals surface area contributed by atoms with Crippen molar-refractivity contribution in [2.75, 3.05) is 23.1 Å². The summed E-state index contributed by atoms with van der Waals surface area (Å²) < 4.78 is 5.21. The molecule has 2 amide bonds. The van der Waals surface area contributed by atoms with Crippen LogP contribution in [0.4, 0.5) is 11.4 Å². The van der Waals surface area contributed by atoms with E-state index >= 15 is 0 Å². The molecule has 1 N–H and O–H groups in total. The largest absolute Gasteiger partial charge is 0.497 e. The Hall–Kier alpha value is -2.47. The standard InChI is InChI=1S/C22H26N2O3S/c1-22(2,3)13-19(25)23-16-7-5-6-15(12-16)21-24(20(26)14-28-21)17-8-10-18(27-4)11-9-17/h5-12,21H,13-14H2,1-4H3,(H,23,25). The highest BCUT2D eigenvalue weighted by Crippen LogP contribution is 2.42. The molecule has 2 aromatic rings. The molecule has 0 spiro atoms. The SMILES string of the molecule is COc1ccc(N2C(=O)CSC2c2cccc(NC(=O)CC(C)(C)C)c2)cc1. The summed E-state index contributed by atoms with van der Waals surface area (Å²) in [5.41, 5.74) is 2.50. The number of amides is 2. The van der Waals surface area contributed by atoms with Gasteiger partial charge in [-0.15, -0.1) is 11.8 Å². The zero-order chi connectivity index (χ0) is 20.3. The van der Waals surface area contributed by atoms with Gasteiger partial charge in [0, 0.05) is 17.8 Å². The molecule has 0 radical (unpaired) electrons. The summed E-state index contributed by atoms with van der Waals surface area (Å²) in [7, 11) is 1.62. The molecular weight excluding hydrogens is 372 g/mol. The molecular formula is C22H26N2O3S. The molecule has 1 fully saturated rings. The normalized spacial score (nSPS) is 16.9. The third kappa shape index (κ3) is 4.87. The summed E-state index contributed by atoms with van der Waals surface area (Å²) in [5, 5.41) is 2.85. The van der Waals surface area contributed by atoms with Gasteiger partial charge in [0.15, 0.2) is 0 Å². The molecule has 1 saturated heterocycles. The van der Waals surface area contributed by atoms with Crippen LogP contribution in [0.2, 0.25) is 0 Å². The second kappa shape index (κ2) is 8.27. The van der Waals surface area contributed by atoms with Crippen LogP contribution in [-0.4, -0.2) is 24.7 Å². The van der Waals surface area contributed by atoms with Gasteiger partial charge >= 0.3 is 0 Å². The molecule has 1 heterocycles. The van der Waals surface area contributed by atoms with E-state index in [1.54, 1.807) is 23.8 Å². The molecule has 0 aromatic heterocycles. The Balaban J connectivity index is 1.81. The van der Waals surface area contributed by atoms with Gasteiger partial charge in [-0.25, -0.2) is 0 Å². The van der Waals surface area contributed by atoms with Crippen LogP contribution in [0.3, 0.4) is 0 Å². The predicted octanol–water partition coefficient (Wildman–Crippen LogP) is 4.85. The number of hydrogen-bond donors (Lipinski definition) is 1. The number of methoxy groups -OCH3 is 1. The number of ether oxygens (including phenoxy) is 1. The van der Waals surface area contributed by atoms with E-state index in [-0.39, 0.29) is 22.6 Å². The predicted molar refractivity (Wildman–Crippen MR) is 115 cm³/mol. The lowest BCUT2D eigenvalue weighted by Gasteiger charge is -2.25. The summed E-state index contributed by atoms with van der Waals surface area (Å²) in [4.78, 5) is 26.6. The second-order valence-electron chi connectivity index (χ2n) is 8.04. The first-order valence-corrected chi connectivity index (χ1v) is 10.3. The quantitative estimate of drug-likeness (QED) is 0.782. The van der Waals surface area contributed by atoms with E-state index in [1.807, 2.05) is 69.3 Å². The van der Waals surface area contributed by atoms with Crippen LogP contribution in [-0.2, 0) is 9.59 Å². The van der Waals surface area contributed by atoms with Crippen LogP contribution < -0.4 is 15.0 Å². The number of carbonyl (C=O) groups excluding carboxylic acids is 2. The van der Waals surface area contributed by atoms with Crippen LogP contribution in [0.1, 0.15) is 38.1 Å². The molecule has 0 bridgehead atoms. The smallest absolute Gasteiger partial charge is 0.238 e. The number of rotatable bonds is 5. The van der Waals surface area contributed by atoms with Gasteiger partial charge < -0.3 is 10.1 Å². The Morgan fingerprint density at radius 3 is 2.57 bits per heavy atom. The van der Waals surface area contributed by atoms with E-state index in [4.69, 9.17) is 4.74 Å². The van der Waals surface area contributed by atoms with Crippen LogP contribution in [0.25, 0.3) is 0 Å². The lowest BCUT2D eigenvalue weighted by atomic mass is 9.92. The highest BCUT2D eigenvalue weighted by molar-refractivity contribution is 8.00. The molecule has 0 aliphatic carbocycles. The molecule has 5 nitrogen and oxygen atoms in total. The van der Waals surface area contributed by atoms with Crippen molar-refractivity contribution in [3.05, 3.63) is 54.1 Å². The highest BCUT2D eigenvalue weighted by atomic mass is 32.2. The monoisotopic (exact) mass is 398 g/mol. The van der Waals surface area contributed by atoms with Crippen molar-refractivity contribution < 1.29 is 14.3 Å². The van der Waals surface area contributed by atoms with E-state index in [0.29, 0.717) is 12.2 Å². The molecule has 0 saturated carbocycles. The minimum Gasteiger partial charge on any atom is -0.497 e. The van der Waals surface area contributed by atoms with Crippen LogP contribution in [0, 0.1) is 5.41 Å². The summed E-state index contributed by atoms with van der Waals surface area (Å²) in [6.07, 6.45) is 0.450. The van der Waals surface area contributed by atoms with Gasteiger partial charge in [-0.2, -0.15) is 0 Å². The van der Waals surface area contributed by atoms with Crippen molar-refractivity contribution in [2.24, 2.45) is 5.41 Å².